The number of benzene rings is 1. The predicted molar refractivity (Wildman–Crippen MR) is 121 cm³/mol. The van der Waals surface area contributed by atoms with Crippen LogP contribution in [0.2, 0.25) is 0 Å². The van der Waals surface area contributed by atoms with Crippen LogP contribution >= 0.6 is 0 Å². The molecule has 0 aliphatic heterocycles. The number of methoxy groups -OCH3 is 3. The van der Waals surface area contributed by atoms with Gasteiger partial charge in [-0.3, -0.25) is 9.59 Å². The Kier molecular flexibility index (Phi) is 10.1. The SMILES string of the molecule is CCC(C)N(CC(=O)N(CCc1ccc(OC)c(OC)c1)Cc1ccco1)C(=O)COC. The van der Waals surface area contributed by atoms with Crippen LogP contribution in [0.5, 0.6) is 11.5 Å². The Morgan fingerprint density at radius 3 is 2.41 bits per heavy atom. The van der Waals surface area contributed by atoms with Crippen molar-refractivity contribution in [3.63, 3.8) is 0 Å². The van der Waals surface area contributed by atoms with Gasteiger partial charge in [0.25, 0.3) is 0 Å². The van der Waals surface area contributed by atoms with E-state index in [9.17, 15) is 9.59 Å². The number of amides is 2. The highest BCUT2D eigenvalue weighted by molar-refractivity contribution is 5.85. The molecule has 1 unspecified atom stereocenters. The average Bonchev–Trinajstić information content (AvgIpc) is 3.32. The van der Waals surface area contributed by atoms with Gasteiger partial charge in [-0.15, -0.1) is 0 Å². The zero-order valence-corrected chi connectivity index (χ0v) is 19.6. The van der Waals surface area contributed by atoms with Crippen molar-refractivity contribution in [3.05, 3.63) is 47.9 Å². The zero-order valence-electron chi connectivity index (χ0n) is 19.6. The Hall–Kier alpha value is -3.00. The predicted octanol–water partition coefficient (Wildman–Crippen LogP) is 3.14. The summed E-state index contributed by atoms with van der Waals surface area (Å²) in [6, 6.07) is 9.25. The fourth-order valence-electron chi connectivity index (χ4n) is 3.35. The standard InChI is InChI=1S/C24H34N2O6/c1-6-18(2)26(24(28)17-29-3)16-23(27)25(15-20-8-7-13-32-20)12-11-19-9-10-21(30-4)22(14-19)31-5/h7-10,13-14,18H,6,11-12,15-17H2,1-5H3. The monoisotopic (exact) mass is 446 g/mol. The molecule has 0 fully saturated rings. The van der Waals surface area contributed by atoms with Crippen LogP contribution in [0, 0.1) is 0 Å². The van der Waals surface area contributed by atoms with Gasteiger partial charge in [-0.25, -0.2) is 0 Å². The minimum atomic E-state index is -0.201. The molecular formula is C24H34N2O6. The molecule has 0 aliphatic carbocycles. The Morgan fingerprint density at radius 2 is 1.81 bits per heavy atom. The molecule has 2 amide bonds. The highest BCUT2D eigenvalue weighted by atomic mass is 16.5. The molecule has 2 rings (SSSR count). The molecule has 1 atom stereocenters. The Bertz CT molecular complexity index is 852. The molecule has 8 heteroatoms. The van der Waals surface area contributed by atoms with Gasteiger partial charge in [0.2, 0.25) is 11.8 Å². The van der Waals surface area contributed by atoms with E-state index in [0.717, 1.165) is 12.0 Å². The average molecular weight is 447 g/mol. The molecule has 2 aromatic rings. The van der Waals surface area contributed by atoms with Crippen molar-refractivity contribution in [2.24, 2.45) is 0 Å². The van der Waals surface area contributed by atoms with E-state index in [1.807, 2.05) is 38.1 Å². The molecule has 0 bridgehead atoms. The number of carbonyl (C=O) groups excluding carboxylic acids is 2. The highest BCUT2D eigenvalue weighted by Crippen LogP contribution is 2.27. The van der Waals surface area contributed by atoms with E-state index >= 15 is 0 Å². The van der Waals surface area contributed by atoms with Crippen molar-refractivity contribution >= 4 is 11.8 Å². The summed E-state index contributed by atoms with van der Waals surface area (Å²) in [7, 11) is 4.66. The van der Waals surface area contributed by atoms with Crippen LogP contribution in [0.3, 0.4) is 0 Å². The van der Waals surface area contributed by atoms with Gasteiger partial charge < -0.3 is 28.4 Å². The van der Waals surface area contributed by atoms with E-state index in [4.69, 9.17) is 18.6 Å². The lowest BCUT2D eigenvalue weighted by molar-refractivity contribution is -0.145. The molecule has 0 aliphatic rings. The van der Waals surface area contributed by atoms with Crippen molar-refractivity contribution < 1.29 is 28.2 Å². The van der Waals surface area contributed by atoms with Gasteiger partial charge in [-0.05, 0) is 49.6 Å². The van der Waals surface area contributed by atoms with Crippen LogP contribution in [0.25, 0.3) is 0 Å². The molecule has 0 saturated carbocycles. The van der Waals surface area contributed by atoms with E-state index in [1.54, 1.807) is 36.3 Å². The second-order valence-electron chi connectivity index (χ2n) is 7.55. The lowest BCUT2D eigenvalue weighted by Gasteiger charge is -2.31. The van der Waals surface area contributed by atoms with Gasteiger partial charge in [-0.1, -0.05) is 13.0 Å². The number of hydrogen-bond donors (Lipinski definition) is 0. The van der Waals surface area contributed by atoms with E-state index < -0.39 is 0 Å². The number of hydrogen-bond acceptors (Lipinski definition) is 6. The number of furan rings is 1. The molecule has 8 nitrogen and oxygen atoms in total. The molecule has 0 spiro atoms. The highest BCUT2D eigenvalue weighted by Gasteiger charge is 2.25. The third kappa shape index (κ3) is 7.02. The van der Waals surface area contributed by atoms with Crippen LogP contribution in [0.4, 0.5) is 0 Å². The molecule has 1 aromatic heterocycles. The van der Waals surface area contributed by atoms with Crippen molar-refractivity contribution in [1.29, 1.82) is 0 Å². The molecule has 176 valence electrons. The second kappa shape index (κ2) is 12.8. The van der Waals surface area contributed by atoms with E-state index in [1.165, 1.54) is 7.11 Å². The van der Waals surface area contributed by atoms with Crippen LogP contribution < -0.4 is 9.47 Å². The second-order valence-corrected chi connectivity index (χ2v) is 7.55. The van der Waals surface area contributed by atoms with Crippen LogP contribution in [0.15, 0.2) is 41.0 Å². The first-order valence-electron chi connectivity index (χ1n) is 10.7. The number of carbonyl (C=O) groups is 2. The Balaban J connectivity index is 2.16. The molecule has 0 saturated heterocycles. The van der Waals surface area contributed by atoms with Gasteiger partial charge in [0.1, 0.15) is 18.9 Å². The van der Waals surface area contributed by atoms with Crippen molar-refractivity contribution in [2.75, 3.05) is 41.0 Å². The molecular weight excluding hydrogens is 412 g/mol. The first-order chi connectivity index (χ1) is 15.4. The summed E-state index contributed by atoms with van der Waals surface area (Å²) in [6.45, 7) is 4.64. The zero-order chi connectivity index (χ0) is 23.5. The quantitative estimate of drug-likeness (QED) is 0.470. The number of rotatable bonds is 13. The molecule has 0 radical (unpaired) electrons. The van der Waals surface area contributed by atoms with E-state index in [0.29, 0.717) is 36.8 Å². The third-order valence-electron chi connectivity index (χ3n) is 5.41. The minimum absolute atomic E-state index is 0.0101. The Labute approximate surface area is 190 Å². The van der Waals surface area contributed by atoms with E-state index in [2.05, 4.69) is 0 Å². The summed E-state index contributed by atoms with van der Waals surface area (Å²) >= 11 is 0. The van der Waals surface area contributed by atoms with Gasteiger partial charge >= 0.3 is 0 Å². The summed E-state index contributed by atoms with van der Waals surface area (Å²) in [5.74, 6) is 1.63. The summed E-state index contributed by atoms with van der Waals surface area (Å²) in [5, 5.41) is 0. The summed E-state index contributed by atoms with van der Waals surface area (Å²) in [4.78, 5) is 29.1. The maximum Gasteiger partial charge on any atom is 0.249 e. The fourth-order valence-corrected chi connectivity index (χ4v) is 3.35. The van der Waals surface area contributed by atoms with Crippen LogP contribution in [-0.2, 0) is 27.3 Å². The summed E-state index contributed by atoms with van der Waals surface area (Å²) in [5.41, 5.74) is 1.01. The first-order valence-corrected chi connectivity index (χ1v) is 10.7. The van der Waals surface area contributed by atoms with Gasteiger partial charge in [-0.2, -0.15) is 0 Å². The van der Waals surface area contributed by atoms with Gasteiger partial charge in [0.15, 0.2) is 11.5 Å². The summed E-state index contributed by atoms with van der Waals surface area (Å²) < 4.78 is 21.1. The number of ether oxygens (including phenoxy) is 3. The third-order valence-corrected chi connectivity index (χ3v) is 5.41. The number of nitrogens with zero attached hydrogens (tertiary/aromatic N) is 2. The minimum Gasteiger partial charge on any atom is -0.493 e. The maximum absolute atomic E-state index is 13.3. The van der Waals surface area contributed by atoms with Crippen LogP contribution in [0.1, 0.15) is 31.6 Å². The molecule has 32 heavy (non-hydrogen) atoms. The molecule has 0 N–H and O–H groups in total. The topological polar surface area (TPSA) is 81.5 Å². The lowest BCUT2D eigenvalue weighted by atomic mass is 10.1. The molecule has 1 heterocycles. The van der Waals surface area contributed by atoms with Crippen molar-refractivity contribution in [3.8, 4) is 11.5 Å². The van der Waals surface area contributed by atoms with E-state index in [-0.39, 0.29) is 31.0 Å². The maximum atomic E-state index is 13.3. The smallest absolute Gasteiger partial charge is 0.249 e. The molecule has 1 aromatic carbocycles. The lowest BCUT2D eigenvalue weighted by Crippen LogP contribution is -2.47. The van der Waals surface area contributed by atoms with Gasteiger partial charge in [0.05, 0.1) is 27.0 Å². The first kappa shape index (κ1) is 25.3. The largest absolute Gasteiger partial charge is 0.493 e. The fraction of sp³-hybridized carbons (Fsp3) is 0.500. The Morgan fingerprint density at radius 1 is 1.06 bits per heavy atom. The van der Waals surface area contributed by atoms with Gasteiger partial charge in [0, 0.05) is 19.7 Å². The summed E-state index contributed by atoms with van der Waals surface area (Å²) in [6.07, 6.45) is 2.94. The van der Waals surface area contributed by atoms with Crippen molar-refractivity contribution in [2.45, 2.75) is 39.3 Å². The van der Waals surface area contributed by atoms with Crippen molar-refractivity contribution in [1.82, 2.24) is 9.80 Å². The normalized spacial score (nSPS) is 11.7. The van der Waals surface area contributed by atoms with Crippen LogP contribution in [-0.4, -0.2) is 68.7 Å².